The Kier molecular flexibility index (Phi) is 4.47. The fraction of sp³-hybridized carbons (Fsp3) is 0.765. The summed E-state index contributed by atoms with van der Waals surface area (Å²) in [4.78, 5) is 22.8. The van der Waals surface area contributed by atoms with Crippen molar-refractivity contribution in [2.75, 3.05) is 19.4 Å². The third-order valence-corrected chi connectivity index (χ3v) is 6.70. The number of esters is 1. The SMILES string of the molecule is COC(=O)CNC(=O)CSc1nnc(C23CC4CC(CC(C4)C2)C3)o1. The number of nitrogens with one attached hydrogen (secondary N) is 1. The average Bonchev–Trinajstić information content (AvgIpc) is 3.06. The Balaban J connectivity index is 1.35. The second-order valence-corrected chi connectivity index (χ2v) is 8.64. The smallest absolute Gasteiger partial charge is 0.325 e. The molecule has 4 saturated carbocycles. The van der Waals surface area contributed by atoms with Gasteiger partial charge in [0.1, 0.15) is 6.54 Å². The highest BCUT2D eigenvalue weighted by atomic mass is 32.2. The lowest BCUT2D eigenvalue weighted by molar-refractivity contribution is -0.140. The molecule has 4 fully saturated rings. The van der Waals surface area contributed by atoms with E-state index in [1.165, 1.54) is 57.4 Å². The van der Waals surface area contributed by atoms with Gasteiger partial charge in [-0.25, -0.2) is 0 Å². The molecule has 4 aliphatic rings. The first-order valence-corrected chi connectivity index (χ1v) is 9.85. The fourth-order valence-electron chi connectivity index (χ4n) is 5.28. The Morgan fingerprint density at radius 3 is 2.44 bits per heavy atom. The van der Waals surface area contributed by atoms with Crippen molar-refractivity contribution in [3.8, 4) is 0 Å². The summed E-state index contributed by atoms with van der Waals surface area (Å²) in [6, 6.07) is 0. The molecular formula is C17H23N3O4S. The van der Waals surface area contributed by atoms with Crippen molar-refractivity contribution in [1.29, 1.82) is 0 Å². The molecule has 4 bridgehead atoms. The Morgan fingerprint density at radius 1 is 1.20 bits per heavy atom. The van der Waals surface area contributed by atoms with Gasteiger partial charge in [0.2, 0.25) is 11.8 Å². The van der Waals surface area contributed by atoms with Crippen molar-refractivity contribution >= 4 is 23.6 Å². The number of amides is 1. The van der Waals surface area contributed by atoms with Gasteiger partial charge in [0.05, 0.1) is 12.9 Å². The first-order valence-electron chi connectivity index (χ1n) is 8.86. The molecule has 0 unspecified atom stereocenters. The summed E-state index contributed by atoms with van der Waals surface area (Å²) in [5.41, 5.74) is 0.0771. The van der Waals surface area contributed by atoms with Crippen LogP contribution in [0.4, 0.5) is 0 Å². The molecule has 1 N–H and O–H groups in total. The van der Waals surface area contributed by atoms with Crippen LogP contribution in [0.1, 0.15) is 44.4 Å². The zero-order valence-electron chi connectivity index (χ0n) is 14.3. The molecule has 0 aromatic carbocycles. The Labute approximate surface area is 150 Å². The van der Waals surface area contributed by atoms with Crippen molar-refractivity contribution in [3.05, 3.63) is 5.89 Å². The van der Waals surface area contributed by atoms with Gasteiger partial charge in [-0.1, -0.05) is 11.8 Å². The summed E-state index contributed by atoms with van der Waals surface area (Å²) in [5, 5.41) is 11.4. The zero-order chi connectivity index (χ0) is 17.4. The summed E-state index contributed by atoms with van der Waals surface area (Å²) in [6.45, 7) is -0.127. The molecule has 0 saturated heterocycles. The summed E-state index contributed by atoms with van der Waals surface area (Å²) < 4.78 is 10.4. The quantitative estimate of drug-likeness (QED) is 0.608. The topological polar surface area (TPSA) is 94.3 Å². The molecule has 4 aliphatic carbocycles. The number of hydrogen-bond acceptors (Lipinski definition) is 7. The molecule has 0 aliphatic heterocycles. The van der Waals surface area contributed by atoms with E-state index in [0.717, 1.165) is 23.6 Å². The Morgan fingerprint density at radius 2 is 1.84 bits per heavy atom. The van der Waals surface area contributed by atoms with Gasteiger partial charge in [0.15, 0.2) is 0 Å². The lowest BCUT2D eigenvalue weighted by Crippen LogP contribution is -2.48. The molecule has 7 nitrogen and oxygen atoms in total. The monoisotopic (exact) mass is 365 g/mol. The van der Waals surface area contributed by atoms with Crippen LogP contribution in [0, 0.1) is 17.8 Å². The number of aromatic nitrogens is 2. The molecule has 1 heterocycles. The van der Waals surface area contributed by atoms with Crippen LogP contribution < -0.4 is 5.32 Å². The van der Waals surface area contributed by atoms with E-state index in [-0.39, 0.29) is 23.6 Å². The standard InChI is InChI=1S/C17H23N3O4S/c1-23-14(22)8-18-13(21)9-25-16-20-19-15(24-16)17-5-10-2-11(6-17)4-12(3-10)7-17/h10-12H,2-9H2,1H3,(H,18,21). The average molecular weight is 365 g/mol. The highest BCUT2D eigenvalue weighted by Gasteiger charge is 2.54. The van der Waals surface area contributed by atoms with Gasteiger partial charge in [0.25, 0.3) is 5.22 Å². The van der Waals surface area contributed by atoms with Crippen LogP contribution in [-0.4, -0.2) is 41.5 Å². The van der Waals surface area contributed by atoms with Crippen LogP contribution in [0.5, 0.6) is 0 Å². The minimum Gasteiger partial charge on any atom is -0.468 e. The molecule has 8 heteroatoms. The number of nitrogens with zero attached hydrogens (tertiary/aromatic N) is 2. The molecule has 25 heavy (non-hydrogen) atoms. The molecule has 0 atom stereocenters. The predicted molar refractivity (Wildman–Crippen MR) is 89.9 cm³/mol. The highest BCUT2D eigenvalue weighted by molar-refractivity contribution is 7.99. The van der Waals surface area contributed by atoms with E-state index in [0.29, 0.717) is 5.22 Å². The lowest BCUT2D eigenvalue weighted by atomic mass is 9.49. The van der Waals surface area contributed by atoms with E-state index in [1.54, 1.807) is 0 Å². The maximum Gasteiger partial charge on any atom is 0.325 e. The van der Waals surface area contributed by atoms with Gasteiger partial charge in [-0.05, 0) is 56.3 Å². The van der Waals surface area contributed by atoms with Crippen LogP contribution in [0.3, 0.4) is 0 Å². The van der Waals surface area contributed by atoms with Crippen molar-refractivity contribution in [2.24, 2.45) is 17.8 Å². The highest BCUT2D eigenvalue weighted by Crippen LogP contribution is 2.60. The van der Waals surface area contributed by atoms with Crippen molar-refractivity contribution < 1.29 is 18.7 Å². The van der Waals surface area contributed by atoms with Gasteiger partial charge >= 0.3 is 5.97 Å². The Hall–Kier alpha value is -1.57. The van der Waals surface area contributed by atoms with E-state index >= 15 is 0 Å². The van der Waals surface area contributed by atoms with Gasteiger partial charge in [-0.15, -0.1) is 10.2 Å². The van der Waals surface area contributed by atoms with E-state index in [2.05, 4.69) is 20.3 Å². The Bertz CT molecular complexity index is 639. The van der Waals surface area contributed by atoms with Gasteiger partial charge in [-0.3, -0.25) is 9.59 Å². The number of methoxy groups -OCH3 is 1. The van der Waals surface area contributed by atoms with Crippen molar-refractivity contribution in [2.45, 2.75) is 49.2 Å². The summed E-state index contributed by atoms with van der Waals surface area (Å²) in [6.07, 6.45) is 7.63. The molecular weight excluding hydrogens is 342 g/mol. The van der Waals surface area contributed by atoms with Crippen LogP contribution in [0.2, 0.25) is 0 Å². The molecule has 0 spiro atoms. The molecule has 5 rings (SSSR count). The van der Waals surface area contributed by atoms with Gasteiger partial charge in [-0.2, -0.15) is 0 Å². The number of carbonyl (C=O) groups excluding carboxylic acids is 2. The van der Waals surface area contributed by atoms with E-state index < -0.39 is 5.97 Å². The second kappa shape index (κ2) is 6.63. The fourth-order valence-corrected chi connectivity index (χ4v) is 5.87. The number of hydrogen-bond donors (Lipinski definition) is 1. The minimum atomic E-state index is -0.472. The molecule has 1 aromatic heterocycles. The van der Waals surface area contributed by atoms with Crippen LogP contribution in [-0.2, 0) is 19.7 Å². The van der Waals surface area contributed by atoms with Crippen LogP contribution >= 0.6 is 11.8 Å². The normalized spacial score (nSPS) is 32.6. The van der Waals surface area contributed by atoms with E-state index in [4.69, 9.17) is 4.42 Å². The molecule has 1 amide bonds. The number of thioether (sulfide) groups is 1. The summed E-state index contributed by atoms with van der Waals surface area (Å²) in [5.74, 6) is 2.63. The first kappa shape index (κ1) is 16.9. The maximum absolute atomic E-state index is 11.7. The maximum atomic E-state index is 11.7. The predicted octanol–water partition coefficient (Wildman–Crippen LogP) is 1.92. The van der Waals surface area contributed by atoms with Gasteiger partial charge in [0, 0.05) is 5.41 Å². The summed E-state index contributed by atoms with van der Waals surface area (Å²) in [7, 11) is 1.29. The minimum absolute atomic E-state index is 0.0771. The van der Waals surface area contributed by atoms with Crippen LogP contribution in [0.25, 0.3) is 0 Å². The van der Waals surface area contributed by atoms with Crippen molar-refractivity contribution in [3.63, 3.8) is 0 Å². The third-order valence-electron chi connectivity index (χ3n) is 5.88. The zero-order valence-corrected chi connectivity index (χ0v) is 15.1. The molecule has 0 radical (unpaired) electrons. The molecule has 1 aromatic rings. The summed E-state index contributed by atoms with van der Waals surface area (Å²) >= 11 is 1.21. The second-order valence-electron chi connectivity index (χ2n) is 7.71. The number of rotatable bonds is 6. The number of ether oxygens (including phenoxy) is 1. The molecule has 136 valence electrons. The lowest BCUT2D eigenvalue weighted by Gasteiger charge is -2.55. The van der Waals surface area contributed by atoms with Crippen molar-refractivity contribution in [1.82, 2.24) is 15.5 Å². The third kappa shape index (κ3) is 3.41. The van der Waals surface area contributed by atoms with Gasteiger partial charge < -0.3 is 14.5 Å². The van der Waals surface area contributed by atoms with E-state index in [9.17, 15) is 9.59 Å². The van der Waals surface area contributed by atoms with E-state index in [1.807, 2.05) is 0 Å². The van der Waals surface area contributed by atoms with Crippen LogP contribution in [0.15, 0.2) is 9.64 Å². The number of carbonyl (C=O) groups is 2. The largest absolute Gasteiger partial charge is 0.468 e. The first-order chi connectivity index (χ1) is 12.1.